The van der Waals surface area contributed by atoms with Crippen molar-refractivity contribution in [1.29, 1.82) is 0 Å². The summed E-state index contributed by atoms with van der Waals surface area (Å²) in [4.78, 5) is 11.8. The minimum absolute atomic E-state index is 0. The maximum atomic E-state index is 12.0. The smallest absolute Gasteiger partial charge is 0.387 e. The van der Waals surface area contributed by atoms with E-state index in [4.69, 9.17) is 5.73 Å². The Morgan fingerprint density at radius 3 is 2.38 bits per heavy atom. The molecule has 1 rings (SSSR count). The van der Waals surface area contributed by atoms with Gasteiger partial charge >= 0.3 is 6.61 Å². The van der Waals surface area contributed by atoms with Gasteiger partial charge in [-0.15, -0.1) is 12.4 Å². The first-order valence-electron chi connectivity index (χ1n) is 6.51. The van der Waals surface area contributed by atoms with Crippen molar-refractivity contribution in [3.05, 3.63) is 29.8 Å². The number of carbonyl (C=O) groups is 1. The van der Waals surface area contributed by atoms with Crippen LogP contribution in [0, 0.1) is 5.92 Å². The van der Waals surface area contributed by atoms with Crippen molar-refractivity contribution in [1.82, 2.24) is 5.32 Å². The van der Waals surface area contributed by atoms with Crippen LogP contribution < -0.4 is 15.8 Å². The predicted octanol–water partition coefficient (Wildman–Crippen LogP) is 2.70. The molecule has 2 atom stereocenters. The molecule has 0 heterocycles. The van der Waals surface area contributed by atoms with Gasteiger partial charge in [-0.25, -0.2) is 0 Å². The molecule has 1 aromatic rings. The van der Waals surface area contributed by atoms with Gasteiger partial charge in [0.25, 0.3) is 0 Å². The van der Waals surface area contributed by atoms with E-state index in [1.54, 1.807) is 12.1 Å². The van der Waals surface area contributed by atoms with E-state index in [0.717, 1.165) is 12.0 Å². The highest BCUT2D eigenvalue weighted by Gasteiger charge is 2.18. The number of halogens is 3. The average molecular weight is 323 g/mol. The van der Waals surface area contributed by atoms with Crippen LogP contribution in [0.5, 0.6) is 5.75 Å². The molecule has 0 spiro atoms. The molecule has 0 fully saturated rings. The zero-order chi connectivity index (χ0) is 15.1. The number of carbonyl (C=O) groups excluding carboxylic acids is 1. The molecular weight excluding hydrogens is 302 g/mol. The van der Waals surface area contributed by atoms with Crippen LogP contribution in [-0.4, -0.2) is 18.6 Å². The predicted molar refractivity (Wildman–Crippen MR) is 79.6 cm³/mol. The summed E-state index contributed by atoms with van der Waals surface area (Å²) in [6.07, 6.45) is 0.828. The minimum atomic E-state index is -2.84. The lowest BCUT2D eigenvalue weighted by Crippen LogP contribution is -2.44. The summed E-state index contributed by atoms with van der Waals surface area (Å²) in [6.45, 7) is 1.35. The number of hydrogen-bond acceptors (Lipinski definition) is 3. The number of nitrogens with two attached hydrogens (primary N) is 1. The van der Waals surface area contributed by atoms with E-state index < -0.39 is 12.7 Å². The first kappa shape index (κ1) is 19.6. The van der Waals surface area contributed by atoms with Gasteiger partial charge in [0.15, 0.2) is 0 Å². The van der Waals surface area contributed by atoms with Crippen LogP contribution in [0.3, 0.4) is 0 Å². The van der Waals surface area contributed by atoms with Crippen molar-refractivity contribution in [2.45, 2.75) is 39.5 Å². The van der Waals surface area contributed by atoms with Crippen LogP contribution in [0.4, 0.5) is 8.78 Å². The summed E-state index contributed by atoms with van der Waals surface area (Å²) in [7, 11) is 0. The summed E-state index contributed by atoms with van der Waals surface area (Å²) in [5, 5.41) is 2.72. The highest BCUT2D eigenvalue weighted by atomic mass is 35.5. The topological polar surface area (TPSA) is 64.4 Å². The second kappa shape index (κ2) is 9.52. The van der Waals surface area contributed by atoms with Gasteiger partial charge in [0.2, 0.25) is 5.91 Å². The summed E-state index contributed by atoms with van der Waals surface area (Å²) in [5.74, 6) is -0.0181. The van der Waals surface area contributed by atoms with Crippen molar-refractivity contribution in [3.63, 3.8) is 0 Å². The normalized spacial score (nSPS) is 13.2. The van der Waals surface area contributed by atoms with E-state index in [9.17, 15) is 13.6 Å². The second-order valence-electron chi connectivity index (χ2n) is 4.65. The highest BCUT2D eigenvalue weighted by molar-refractivity contribution is 5.85. The van der Waals surface area contributed by atoms with Gasteiger partial charge in [0, 0.05) is 6.54 Å². The number of alkyl halides is 2. The van der Waals surface area contributed by atoms with Crippen LogP contribution in [0.15, 0.2) is 24.3 Å². The van der Waals surface area contributed by atoms with Crippen LogP contribution in [0.2, 0.25) is 0 Å². The van der Waals surface area contributed by atoms with Gasteiger partial charge in [0.1, 0.15) is 5.75 Å². The molecule has 0 saturated heterocycles. The molecule has 0 aliphatic rings. The van der Waals surface area contributed by atoms with E-state index in [-0.39, 0.29) is 30.0 Å². The molecule has 0 aromatic heterocycles. The van der Waals surface area contributed by atoms with Gasteiger partial charge in [-0.05, 0) is 23.6 Å². The molecule has 0 radical (unpaired) electrons. The van der Waals surface area contributed by atoms with Crippen molar-refractivity contribution >= 4 is 18.3 Å². The maximum Gasteiger partial charge on any atom is 0.387 e. The molecule has 4 nitrogen and oxygen atoms in total. The Balaban J connectivity index is 0.00000400. The SMILES string of the molecule is CCC(C)C(N)C(=O)NCc1ccc(OC(F)F)cc1.Cl. The zero-order valence-electron chi connectivity index (χ0n) is 12.0. The fourth-order valence-electron chi connectivity index (χ4n) is 1.61. The number of ether oxygens (including phenoxy) is 1. The highest BCUT2D eigenvalue weighted by Crippen LogP contribution is 2.14. The van der Waals surface area contributed by atoms with Gasteiger partial charge in [0.05, 0.1) is 6.04 Å². The summed E-state index contributed by atoms with van der Waals surface area (Å²) < 4.78 is 28.2. The van der Waals surface area contributed by atoms with Gasteiger partial charge in [-0.1, -0.05) is 32.4 Å². The Labute approximate surface area is 129 Å². The molecule has 0 bridgehead atoms. The molecular formula is C14H21ClF2N2O2. The van der Waals surface area contributed by atoms with Gasteiger partial charge in [-0.2, -0.15) is 8.78 Å². The lowest BCUT2D eigenvalue weighted by molar-refractivity contribution is -0.123. The Morgan fingerprint density at radius 2 is 1.90 bits per heavy atom. The molecule has 3 N–H and O–H groups in total. The molecule has 21 heavy (non-hydrogen) atoms. The number of hydrogen-bond donors (Lipinski definition) is 2. The van der Waals surface area contributed by atoms with E-state index in [2.05, 4.69) is 10.1 Å². The fourth-order valence-corrected chi connectivity index (χ4v) is 1.61. The Hall–Kier alpha value is -1.40. The van der Waals surface area contributed by atoms with Crippen LogP contribution >= 0.6 is 12.4 Å². The molecule has 2 unspecified atom stereocenters. The van der Waals surface area contributed by atoms with E-state index in [1.165, 1.54) is 12.1 Å². The largest absolute Gasteiger partial charge is 0.435 e. The quantitative estimate of drug-likeness (QED) is 0.811. The van der Waals surface area contributed by atoms with Crippen molar-refractivity contribution < 1.29 is 18.3 Å². The molecule has 1 amide bonds. The Kier molecular flexibility index (Phi) is 8.89. The third-order valence-corrected chi connectivity index (χ3v) is 3.18. The molecule has 120 valence electrons. The van der Waals surface area contributed by atoms with Gasteiger partial charge < -0.3 is 15.8 Å². The number of benzene rings is 1. The molecule has 0 aliphatic heterocycles. The van der Waals surface area contributed by atoms with E-state index in [1.807, 2.05) is 13.8 Å². The summed E-state index contributed by atoms with van der Waals surface area (Å²) in [5.41, 5.74) is 6.59. The second-order valence-corrected chi connectivity index (χ2v) is 4.65. The Bertz CT molecular complexity index is 429. The minimum Gasteiger partial charge on any atom is -0.435 e. The van der Waals surface area contributed by atoms with E-state index in [0.29, 0.717) is 6.54 Å². The summed E-state index contributed by atoms with van der Waals surface area (Å²) >= 11 is 0. The third-order valence-electron chi connectivity index (χ3n) is 3.18. The molecule has 0 aliphatic carbocycles. The first-order valence-corrected chi connectivity index (χ1v) is 6.51. The Morgan fingerprint density at radius 1 is 1.33 bits per heavy atom. The monoisotopic (exact) mass is 322 g/mol. The lowest BCUT2D eigenvalue weighted by atomic mass is 9.99. The standard InChI is InChI=1S/C14H20F2N2O2.ClH/c1-3-9(2)12(17)13(19)18-8-10-4-6-11(7-5-10)20-14(15)16;/h4-7,9,12,14H,3,8,17H2,1-2H3,(H,18,19);1H. The van der Waals surface area contributed by atoms with Crippen molar-refractivity contribution in [2.75, 3.05) is 0 Å². The number of nitrogens with one attached hydrogen (secondary N) is 1. The fraction of sp³-hybridized carbons (Fsp3) is 0.500. The summed E-state index contributed by atoms with van der Waals surface area (Å²) in [6, 6.07) is 5.56. The number of rotatable bonds is 7. The molecule has 0 saturated carbocycles. The molecule has 1 aromatic carbocycles. The third kappa shape index (κ3) is 6.73. The van der Waals surface area contributed by atoms with Gasteiger partial charge in [-0.3, -0.25) is 4.79 Å². The van der Waals surface area contributed by atoms with Crippen LogP contribution in [0.1, 0.15) is 25.8 Å². The first-order chi connectivity index (χ1) is 9.43. The molecule has 7 heteroatoms. The average Bonchev–Trinajstić information content (AvgIpc) is 2.44. The van der Waals surface area contributed by atoms with E-state index >= 15 is 0 Å². The lowest BCUT2D eigenvalue weighted by Gasteiger charge is -2.17. The van der Waals surface area contributed by atoms with Crippen LogP contribution in [-0.2, 0) is 11.3 Å². The maximum absolute atomic E-state index is 12.0. The van der Waals surface area contributed by atoms with Crippen molar-refractivity contribution in [3.8, 4) is 5.75 Å². The van der Waals surface area contributed by atoms with Crippen molar-refractivity contribution in [2.24, 2.45) is 11.7 Å². The zero-order valence-corrected chi connectivity index (χ0v) is 12.8. The number of amides is 1. The van der Waals surface area contributed by atoms with Crippen LogP contribution in [0.25, 0.3) is 0 Å².